The van der Waals surface area contributed by atoms with E-state index >= 15 is 0 Å². The molecule has 0 aliphatic carbocycles. The first-order valence-corrected chi connectivity index (χ1v) is 10.9. The fourth-order valence-corrected chi connectivity index (χ4v) is 4.16. The summed E-state index contributed by atoms with van der Waals surface area (Å²) in [4.78, 5) is 23.1. The Labute approximate surface area is 185 Å². The van der Waals surface area contributed by atoms with Crippen LogP contribution in [0.15, 0.2) is 53.3 Å². The van der Waals surface area contributed by atoms with E-state index < -0.39 is 0 Å². The van der Waals surface area contributed by atoms with Crippen LogP contribution in [0.3, 0.4) is 0 Å². The highest BCUT2D eigenvalue weighted by Gasteiger charge is 2.19. The van der Waals surface area contributed by atoms with E-state index in [1.165, 1.54) is 0 Å². The summed E-state index contributed by atoms with van der Waals surface area (Å²) in [6.45, 7) is 8.14. The molecule has 1 aliphatic heterocycles. The molecule has 0 amide bonds. The fourth-order valence-electron chi connectivity index (χ4n) is 4.16. The van der Waals surface area contributed by atoms with Gasteiger partial charge in [-0.15, -0.1) is 5.10 Å². The summed E-state index contributed by atoms with van der Waals surface area (Å²) < 4.78 is 7.57. The van der Waals surface area contributed by atoms with Crippen LogP contribution >= 0.6 is 0 Å². The maximum Gasteiger partial charge on any atom is 0.277 e. The molecule has 0 unspecified atom stereocenters. The van der Waals surface area contributed by atoms with Gasteiger partial charge in [0.15, 0.2) is 11.3 Å². The van der Waals surface area contributed by atoms with Crippen molar-refractivity contribution in [1.29, 1.82) is 0 Å². The fraction of sp³-hybridized carbons (Fsp3) is 0.292. The number of anilines is 1. The minimum Gasteiger partial charge on any atom is -0.493 e. The number of piperazine rings is 1. The summed E-state index contributed by atoms with van der Waals surface area (Å²) >= 11 is 0. The average Bonchev–Trinajstić information content (AvgIpc) is 3.17. The molecular formula is C24H26N6O2. The van der Waals surface area contributed by atoms with Crippen LogP contribution in [0.4, 0.5) is 5.69 Å². The number of nitrogens with one attached hydrogen (secondary N) is 2. The monoisotopic (exact) mass is 430 g/mol. The van der Waals surface area contributed by atoms with Crippen LogP contribution in [0.5, 0.6) is 5.75 Å². The van der Waals surface area contributed by atoms with Crippen molar-refractivity contribution in [1.82, 2.24) is 24.9 Å². The zero-order chi connectivity index (χ0) is 22.1. The van der Waals surface area contributed by atoms with Crippen LogP contribution in [0.1, 0.15) is 12.7 Å². The molecule has 1 saturated heterocycles. The number of H-pyrrole nitrogens is 1. The van der Waals surface area contributed by atoms with Crippen molar-refractivity contribution in [3.63, 3.8) is 0 Å². The Morgan fingerprint density at radius 2 is 1.88 bits per heavy atom. The summed E-state index contributed by atoms with van der Waals surface area (Å²) in [5.41, 5.74) is 3.57. The number of rotatable bonds is 5. The standard InChI is InChI=1S/C24H26N6O2/c1-3-32-20-15-18(29-13-11-25-12-14-29)9-10-19(20)23-27-24(31)22-21(17-7-5-4-6-8-17)26-16(2)30(22)28-23/h4-10,15,25H,3,11-14H2,1-2H3,(H,27,28,31). The van der Waals surface area contributed by atoms with E-state index in [1.807, 2.05) is 56.3 Å². The number of aryl methyl sites for hydroxylation is 1. The molecule has 0 spiro atoms. The van der Waals surface area contributed by atoms with E-state index in [4.69, 9.17) is 9.84 Å². The van der Waals surface area contributed by atoms with Crippen LogP contribution in [-0.4, -0.2) is 52.4 Å². The lowest BCUT2D eigenvalue weighted by atomic mass is 10.1. The third-order valence-corrected chi connectivity index (χ3v) is 5.71. The number of nitrogens with zero attached hydrogens (tertiary/aromatic N) is 4. The van der Waals surface area contributed by atoms with Gasteiger partial charge in [0.2, 0.25) is 0 Å². The second-order valence-corrected chi connectivity index (χ2v) is 7.79. The number of hydrogen-bond donors (Lipinski definition) is 2. The van der Waals surface area contributed by atoms with Crippen LogP contribution in [0.2, 0.25) is 0 Å². The predicted octanol–water partition coefficient (Wildman–Crippen LogP) is 2.87. The van der Waals surface area contributed by atoms with E-state index in [0.29, 0.717) is 35.2 Å². The molecule has 8 heteroatoms. The summed E-state index contributed by atoms with van der Waals surface area (Å²) in [6, 6.07) is 15.7. The highest BCUT2D eigenvalue weighted by molar-refractivity contribution is 5.77. The highest BCUT2D eigenvalue weighted by atomic mass is 16.5. The third-order valence-electron chi connectivity index (χ3n) is 5.71. The van der Waals surface area contributed by atoms with Gasteiger partial charge in [0.05, 0.1) is 12.2 Å². The summed E-state index contributed by atoms with van der Waals surface area (Å²) in [5, 5.41) is 8.10. The Hall–Kier alpha value is -3.65. The molecule has 3 heterocycles. The van der Waals surface area contributed by atoms with Crippen LogP contribution < -0.4 is 20.5 Å². The maximum atomic E-state index is 13.2. The number of aromatic amines is 1. The molecule has 1 fully saturated rings. The first-order valence-electron chi connectivity index (χ1n) is 10.9. The first kappa shape index (κ1) is 20.3. The van der Waals surface area contributed by atoms with Gasteiger partial charge >= 0.3 is 0 Å². The summed E-state index contributed by atoms with van der Waals surface area (Å²) in [7, 11) is 0. The second-order valence-electron chi connectivity index (χ2n) is 7.79. The van der Waals surface area contributed by atoms with Crippen LogP contribution in [0.25, 0.3) is 28.2 Å². The number of benzene rings is 2. The van der Waals surface area contributed by atoms with Gasteiger partial charge in [-0.25, -0.2) is 9.50 Å². The van der Waals surface area contributed by atoms with E-state index in [0.717, 1.165) is 43.0 Å². The van der Waals surface area contributed by atoms with Gasteiger partial charge in [0, 0.05) is 43.5 Å². The molecule has 2 N–H and O–H groups in total. The van der Waals surface area contributed by atoms with Gasteiger partial charge in [-0.3, -0.25) is 4.79 Å². The summed E-state index contributed by atoms with van der Waals surface area (Å²) in [5.74, 6) is 1.81. The van der Waals surface area contributed by atoms with Gasteiger partial charge in [0.1, 0.15) is 17.3 Å². The quantitative estimate of drug-likeness (QED) is 0.506. The molecule has 164 valence electrons. The molecule has 0 atom stereocenters. The summed E-state index contributed by atoms with van der Waals surface area (Å²) in [6.07, 6.45) is 0. The lowest BCUT2D eigenvalue weighted by molar-refractivity contribution is 0.341. The molecular weight excluding hydrogens is 404 g/mol. The van der Waals surface area contributed by atoms with Gasteiger partial charge in [-0.1, -0.05) is 30.3 Å². The van der Waals surface area contributed by atoms with Gasteiger partial charge in [-0.05, 0) is 26.0 Å². The van der Waals surface area contributed by atoms with Crippen LogP contribution in [-0.2, 0) is 0 Å². The Kier molecular flexibility index (Phi) is 5.36. The van der Waals surface area contributed by atoms with E-state index in [2.05, 4.69) is 26.3 Å². The first-order chi connectivity index (χ1) is 15.7. The number of imidazole rings is 1. The highest BCUT2D eigenvalue weighted by Crippen LogP contribution is 2.32. The van der Waals surface area contributed by atoms with E-state index in [-0.39, 0.29) is 5.56 Å². The topological polar surface area (TPSA) is 87.5 Å². The molecule has 0 radical (unpaired) electrons. The Morgan fingerprint density at radius 3 is 2.62 bits per heavy atom. The van der Waals surface area contributed by atoms with Crippen molar-refractivity contribution >= 4 is 11.2 Å². The van der Waals surface area contributed by atoms with E-state index in [9.17, 15) is 4.79 Å². The van der Waals surface area contributed by atoms with Crippen LogP contribution in [0, 0.1) is 6.92 Å². The van der Waals surface area contributed by atoms with Crippen molar-refractivity contribution < 1.29 is 4.74 Å². The molecule has 2 aromatic carbocycles. The Balaban J connectivity index is 1.61. The van der Waals surface area contributed by atoms with Crippen molar-refractivity contribution in [2.45, 2.75) is 13.8 Å². The smallest absolute Gasteiger partial charge is 0.277 e. The molecule has 0 saturated carbocycles. The molecule has 8 nitrogen and oxygen atoms in total. The SMILES string of the molecule is CCOc1cc(N2CCNCC2)ccc1-c1nn2c(C)nc(-c3ccccc3)c2c(=O)[nH]1. The molecule has 2 aromatic heterocycles. The van der Waals surface area contributed by atoms with Crippen molar-refractivity contribution in [2.24, 2.45) is 0 Å². The van der Waals surface area contributed by atoms with Gasteiger partial charge in [-0.2, -0.15) is 0 Å². The van der Waals surface area contributed by atoms with E-state index in [1.54, 1.807) is 4.52 Å². The molecule has 5 rings (SSSR count). The Bertz CT molecular complexity index is 1310. The van der Waals surface area contributed by atoms with Crippen molar-refractivity contribution in [3.8, 4) is 28.4 Å². The molecule has 0 bridgehead atoms. The third kappa shape index (κ3) is 3.62. The van der Waals surface area contributed by atoms with Crippen molar-refractivity contribution in [3.05, 3.63) is 64.7 Å². The minimum atomic E-state index is -0.233. The van der Waals surface area contributed by atoms with Crippen molar-refractivity contribution in [2.75, 3.05) is 37.7 Å². The lowest BCUT2D eigenvalue weighted by Crippen LogP contribution is -2.43. The molecule has 4 aromatic rings. The molecule has 1 aliphatic rings. The average molecular weight is 431 g/mol. The lowest BCUT2D eigenvalue weighted by Gasteiger charge is -2.30. The van der Waals surface area contributed by atoms with Gasteiger partial charge in [0.25, 0.3) is 5.56 Å². The minimum absolute atomic E-state index is 0.233. The van der Waals surface area contributed by atoms with Gasteiger partial charge < -0.3 is 19.9 Å². The number of ether oxygens (including phenoxy) is 1. The molecule has 32 heavy (non-hydrogen) atoms. The maximum absolute atomic E-state index is 13.2. The largest absolute Gasteiger partial charge is 0.493 e. The Morgan fingerprint density at radius 1 is 1.09 bits per heavy atom. The predicted molar refractivity (Wildman–Crippen MR) is 125 cm³/mol. The normalized spacial score (nSPS) is 14.1. The second kappa shape index (κ2) is 8.47. The zero-order valence-corrected chi connectivity index (χ0v) is 18.3. The number of fused-ring (bicyclic) bond motifs is 1. The zero-order valence-electron chi connectivity index (χ0n) is 18.3. The number of hydrogen-bond acceptors (Lipinski definition) is 6. The number of aromatic nitrogens is 4.